The number of benzene rings is 1. The molecule has 0 fully saturated rings. The molecule has 0 aliphatic rings. The van der Waals surface area contributed by atoms with Crippen molar-refractivity contribution in [2.75, 3.05) is 0 Å². The van der Waals surface area contributed by atoms with Crippen molar-refractivity contribution in [2.45, 2.75) is 25.8 Å². The van der Waals surface area contributed by atoms with Gasteiger partial charge in [0.2, 0.25) is 0 Å². The zero-order valence-corrected chi connectivity index (χ0v) is 14.6. The summed E-state index contributed by atoms with van der Waals surface area (Å²) in [6.07, 6.45) is 2.01. The molecular weight excluding hydrogens is 371 g/mol. The van der Waals surface area contributed by atoms with Gasteiger partial charge in [0, 0.05) is 10.9 Å². The first-order chi connectivity index (χ1) is 10.1. The Morgan fingerprint density at radius 2 is 2.29 bits per heavy atom. The number of fused-ring (bicyclic) bond motifs is 1. The molecular formula is C15H14BrFN2S2. The van der Waals surface area contributed by atoms with Crippen molar-refractivity contribution < 1.29 is 4.39 Å². The number of H-pyrrole nitrogens is 1. The molecule has 3 rings (SSSR count). The van der Waals surface area contributed by atoms with Crippen LogP contribution in [0.4, 0.5) is 4.39 Å². The molecule has 1 unspecified atom stereocenters. The maximum Gasteiger partial charge on any atom is 0.178 e. The van der Waals surface area contributed by atoms with Crippen LogP contribution in [0.1, 0.15) is 30.7 Å². The molecule has 0 aliphatic heterocycles. The molecule has 2 heterocycles. The molecule has 0 radical (unpaired) electrons. The number of hydrogen-bond acceptors (Lipinski definition) is 2. The van der Waals surface area contributed by atoms with Crippen molar-refractivity contribution in [3.8, 4) is 0 Å². The smallest absolute Gasteiger partial charge is 0.178 e. The fourth-order valence-electron chi connectivity index (χ4n) is 2.58. The van der Waals surface area contributed by atoms with E-state index in [-0.39, 0.29) is 11.9 Å². The van der Waals surface area contributed by atoms with Crippen LogP contribution in [0.3, 0.4) is 0 Å². The predicted octanol–water partition coefficient (Wildman–Crippen LogP) is 6.05. The van der Waals surface area contributed by atoms with Crippen molar-refractivity contribution >= 4 is 50.5 Å². The molecule has 2 nitrogen and oxygen atoms in total. The number of aromatic nitrogens is 2. The Balaban J connectivity index is 2.24. The molecule has 0 bridgehead atoms. The summed E-state index contributed by atoms with van der Waals surface area (Å²) in [6.45, 7) is 2.15. The molecule has 2 aromatic heterocycles. The van der Waals surface area contributed by atoms with E-state index in [1.807, 2.05) is 10.6 Å². The molecule has 21 heavy (non-hydrogen) atoms. The molecule has 1 atom stereocenters. The number of thiophene rings is 1. The zero-order valence-electron chi connectivity index (χ0n) is 11.4. The van der Waals surface area contributed by atoms with Crippen LogP contribution in [0.25, 0.3) is 11.0 Å². The van der Waals surface area contributed by atoms with Gasteiger partial charge in [0.05, 0.1) is 21.5 Å². The average Bonchev–Trinajstić information content (AvgIpc) is 3.06. The van der Waals surface area contributed by atoms with Crippen molar-refractivity contribution in [1.29, 1.82) is 0 Å². The minimum absolute atomic E-state index is 0.150. The summed E-state index contributed by atoms with van der Waals surface area (Å²) in [5, 5.41) is 2.06. The van der Waals surface area contributed by atoms with E-state index in [4.69, 9.17) is 12.2 Å². The van der Waals surface area contributed by atoms with Crippen LogP contribution in [-0.2, 0) is 0 Å². The highest BCUT2D eigenvalue weighted by atomic mass is 79.9. The van der Waals surface area contributed by atoms with Gasteiger partial charge in [-0.05, 0) is 52.1 Å². The first-order valence-electron chi connectivity index (χ1n) is 6.74. The van der Waals surface area contributed by atoms with Crippen LogP contribution < -0.4 is 0 Å². The number of nitrogens with zero attached hydrogens (tertiary/aromatic N) is 1. The van der Waals surface area contributed by atoms with Crippen LogP contribution in [-0.4, -0.2) is 9.55 Å². The Kier molecular flexibility index (Phi) is 4.28. The maximum absolute atomic E-state index is 13.9. The molecule has 110 valence electrons. The number of aromatic amines is 1. The summed E-state index contributed by atoms with van der Waals surface area (Å²) >= 11 is 10.4. The lowest BCUT2D eigenvalue weighted by molar-refractivity contribution is 0.547. The molecule has 0 amide bonds. The van der Waals surface area contributed by atoms with Crippen LogP contribution in [0.15, 0.2) is 34.1 Å². The molecule has 1 aromatic carbocycles. The third-order valence-corrected chi connectivity index (χ3v) is 5.38. The highest BCUT2D eigenvalue weighted by Gasteiger charge is 2.19. The van der Waals surface area contributed by atoms with E-state index in [1.165, 1.54) is 4.88 Å². The minimum atomic E-state index is -0.272. The van der Waals surface area contributed by atoms with E-state index in [0.717, 1.165) is 23.9 Å². The standard InChI is InChI=1S/C15H14BrFN2S2/c1-2-4-12(14-5-3-6-21-14)19-13-8-10(17)9(16)7-11(13)18-15(19)20/h3,5-8,12H,2,4H2,1H3,(H,18,20). The van der Waals surface area contributed by atoms with Crippen LogP contribution in [0, 0.1) is 10.6 Å². The van der Waals surface area contributed by atoms with Gasteiger partial charge in [-0.25, -0.2) is 4.39 Å². The lowest BCUT2D eigenvalue weighted by atomic mass is 10.1. The number of hydrogen-bond donors (Lipinski definition) is 1. The van der Waals surface area contributed by atoms with Crippen molar-refractivity contribution in [2.24, 2.45) is 0 Å². The second kappa shape index (κ2) is 6.02. The minimum Gasteiger partial charge on any atom is -0.331 e. The zero-order chi connectivity index (χ0) is 15.0. The molecule has 3 aromatic rings. The highest BCUT2D eigenvalue weighted by Crippen LogP contribution is 2.32. The number of imidazole rings is 1. The molecule has 0 saturated carbocycles. The number of halogens is 2. The highest BCUT2D eigenvalue weighted by molar-refractivity contribution is 9.10. The average molecular weight is 385 g/mol. The summed E-state index contributed by atoms with van der Waals surface area (Å²) < 4.78 is 17.0. The van der Waals surface area contributed by atoms with Gasteiger partial charge in [0.15, 0.2) is 4.77 Å². The third kappa shape index (κ3) is 2.72. The van der Waals surface area contributed by atoms with Crippen LogP contribution in [0.2, 0.25) is 0 Å². The second-order valence-electron chi connectivity index (χ2n) is 4.90. The molecule has 6 heteroatoms. The summed E-state index contributed by atoms with van der Waals surface area (Å²) in [4.78, 5) is 4.43. The van der Waals surface area contributed by atoms with E-state index in [0.29, 0.717) is 9.24 Å². The van der Waals surface area contributed by atoms with Gasteiger partial charge in [-0.3, -0.25) is 0 Å². The first kappa shape index (κ1) is 14.9. The van der Waals surface area contributed by atoms with Gasteiger partial charge in [0.1, 0.15) is 5.82 Å². The van der Waals surface area contributed by atoms with E-state index < -0.39 is 0 Å². The normalized spacial score (nSPS) is 12.9. The second-order valence-corrected chi connectivity index (χ2v) is 7.12. The lowest BCUT2D eigenvalue weighted by Crippen LogP contribution is -2.09. The quantitative estimate of drug-likeness (QED) is 0.542. The van der Waals surface area contributed by atoms with Gasteiger partial charge in [-0.1, -0.05) is 19.4 Å². The number of rotatable bonds is 4. The first-order valence-corrected chi connectivity index (χ1v) is 8.82. The number of nitrogens with one attached hydrogen (secondary N) is 1. The third-order valence-electron chi connectivity index (χ3n) is 3.50. The van der Waals surface area contributed by atoms with E-state index in [9.17, 15) is 4.39 Å². The Bertz CT molecular complexity index is 820. The molecule has 0 aliphatic carbocycles. The van der Waals surface area contributed by atoms with Gasteiger partial charge < -0.3 is 9.55 Å². The molecule has 0 spiro atoms. The largest absolute Gasteiger partial charge is 0.331 e. The van der Waals surface area contributed by atoms with Crippen molar-refractivity contribution in [3.05, 3.63) is 49.6 Å². The van der Waals surface area contributed by atoms with E-state index in [1.54, 1.807) is 23.5 Å². The molecule has 0 saturated heterocycles. The topological polar surface area (TPSA) is 20.7 Å². The molecule has 1 N–H and O–H groups in total. The Morgan fingerprint density at radius 1 is 1.48 bits per heavy atom. The van der Waals surface area contributed by atoms with Gasteiger partial charge in [-0.2, -0.15) is 0 Å². The Labute approximate surface area is 139 Å². The van der Waals surface area contributed by atoms with Crippen LogP contribution in [0.5, 0.6) is 0 Å². The summed E-state index contributed by atoms with van der Waals surface area (Å²) in [5.41, 5.74) is 1.67. The monoisotopic (exact) mass is 384 g/mol. The van der Waals surface area contributed by atoms with Crippen LogP contribution >= 0.6 is 39.5 Å². The fraction of sp³-hybridized carbons (Fsp3) is 0.267. The van der Waals surface area contributed by atoms with Gasteiger partial charge >= 0.3 is 0 Å². The fourth-order valence-corrected chi connectivity index (χ4v) is 4.11. The van der Waals surface area contributed by atoms with Gasteiger partial charge in [0.25, 0.3) is 0 Å². The van der Waals surface area contributed by atoms with Crippen molar-refractivity contribution in [3.63, 3.8) is 0 Å². The van der Waals surface area contributed by atoms with Gasteiger partial charge in [-0.15, -0.1) is 11.3 Å². The SMILES string of the molecule is CCCC(c1cccs1)n1c(=S)[nH]c2cc(Br)c(F)cc21. The predicted molar refractivity (Wildman–Crippen MR) is 92.1 cm³/mol. The summed E-state index contributed by atoms with van der Waals surface area (Å²) in [5.74, 6) is -0.272. The summed E-state index contributed by atoms with van der Waals surface area (Å²) in [6, 6.07) is 7.59. The Morgan fingerprint density at radius 3 is 2.95 bits per heavy atom. The summed E-state index contributed by atoms with van der Waals surface area (Å²) in [7, 11) is 0. The van der Waals surface area contributed by atoms with E-state index >= 15 is 0 Å². The Hall–Kier alpha value is -0.980. The van der Waals surface area contributed by atoms with E-state index in [2.05, 4.69) is 39.3 Å². The lowest BCUT2D eigenvalue weighted by Gasteiger charge is -2.17. The van der Waals surface area contributed by atoms with Crippen molar-refractivity contribution in [1.82, 2.24) is 9.55 Å². The maximum atomic E-state index is 13.9.